The summed E-state index contributed by atoms with van der Waals surface area (Å²) in [6.45, 7) is 13.5. The van der Waals surface area contributed by atoms with Gasteiger partial charge in [0.15, 0.2) is 81.1 Å². The molecule has 87 heavy (non-hydrogen) atoms. The number of nitrogens with zero attached hydrogens (tertiary/aromatic N) is 8. The fourth-order valence-corrected chi connectivity index (χ4v) is 10.7. The maximum Gasteiger partial charge on any atom is 0.167 e. The van der Waals surface area contributed by atoms with E-state index in [1.807, 2.05) is 95.3 Å². The first-order chi connectivity index (χ1) is 41.6. The number of carbonyl (C=O) groups is 4. The number of ether oxygens (including phenoxy) is 4. The number of aromatic nitrogens is 8. The molecule has 2 unspecified atom stereocenters. The van der Waals surface area contributed by atoms with E-state index in [9.17, 15) is 44.7 Å². The molecule has 2 saturated heterocycles. The summed E-state index contributed by atoms with van der Waals surface area (Å²) in [7, 11) is 3.13. The number of aliphatic hydroxyl groups excluding tert-OH is 4. The third-order valence-electron chi connectivity index (χ3n) is 15.7. The van der Waals surface area contributed by atoms with Gasteiger partial charge in [-0.1, -0.05) is 71.0 Å². The summed E-state index contributed by atoms with van der Waals surface area (Å²) >= 11 is 0. The van der Waals surface area contributed by atoms with Gasteiger partial charge in [0, 0.05) is 54.6 Å². The van der Waals surface area contributed by atoms with Crippen molar-refractivity contribution < 1.29 is 63.7 Å². The van der Waals surface area contributed by atoms with Crippen LogP contribution in [0.2, 0.25) is 0 Å². The second-order valence-corrected chi connectivity index (χ2v) is 22.7. The van der Waals surface area contributed by atoms with Crippen LogP contribution >= 0.6 is 0 Å². The number of imidazole rings is 2. The monoisotopic (exact) mass is 1190 g/mol. The summed E-state index contributed by atoms with van der Waals surface area (Å²) < 4.78 is 25.2. The van der Waals surface area contributed by atoms with Crippen molar-refractivity contribution in [2.75, 3.05) is 24.9 Å². The van der Waals surface area contributed by atoms with Crippen LogP contribution in [0.5, 0.6) is 17.2 Å². The number of nitrogens with one attached hydrogen (secondary N) is 2. The Balaban J connectivity index is 0.000000208. The minimum Gasteiger partial charge on any atom is -0.507 e. The van der Waals surface area contributed by atoms with Gasteiger partial charge in [-0.2, -0.15) is 0 Å². The van der Waals surface area contributed by atoms with Crippen LogP contribution in [0, 0.1) is 13.8 Å². The Labute approximate surface area is 502 Å². The van der Waals surface area contributed by atoms with Crippen molar-refractivity contribution in [3.63, 3.8) is 0 Å². The molecule has 0 aliphatic carbocycles. The van der Waals surface area contributed by atoms with Gasteiger partial charge in [-0.05, 0) is 103 Å². The highest BCUT2D eigenvalue weighted by atomic mass is 16.6. The predicted octanol–water partition coefficient (Wildman–Crippen LogP) is 7.86. The summed E-state index contributed by atoms with van der Waals surface area (Å²) in [5.41, 5.74) is 8.81. The Morgan fingerprint density at radius 1 is 0.609 bits per heavy atom. The molecule has 4 aromatic heterocycles. The molecule has 7 N–H and O–H groups in total. The smallest absolute Gasteiger partial charge is 0.167 e. The number of hydrogen-bond acceptors (Lipinski definition) is 21. The molecule has 2 aliphatic rings. The minimum atomic E-state index is -1.35. The number of benzene rings is 4. The molecule has 6 heterocycles. The van der Waals surface area contributed by atoms with Crippen LogP contribution in [0.25, 0.3) is 22.3 Å². The molecule has 0 amide bonds. The molecule has 2 aliphatic heterocycles. The Kier molecular flexibility index (Phi) is 19.5. The zero-order valence-corrected chi connectivity index (χ0v) is 50.1. The van der Waals surface area contributed by atoms with Crippen LogP contribution in [0.1, 0.15) is 133 Å². The number of fused-ring (bicyclic) bond motifs is 2. The number of aryl methyl sites for hydroxylation is 4. The molecule has 8 aromatic rings. The average molecular weight is 1190 g/mol. The minimum absolute atomic E-state index is 0.0362. The molecule has 10 rings (SSSR count). The lowest BCUT2D eigenvalue weighted by molar-refractivity contribution is -0.135. The zero-order valence-electron chi connectivity index (χ0n) is 50.1. The molecule has 0 radical (unpaired) electrons. The third kappa shape index (κ3) is 13.7. The third-order valence-corrected chi connectivity index (χ3v) is 15.7. The average Bonchev–Trinajstić information content (AvgIpc) is 1.78. The van der Waals surface area contributed by atoms with E-state index in [0.717, 1.165) is 39.9 Å². The molecule has 4 aromatic carbocycles. The van der Waals surface area contributed by atoms with Gasteiger partial charge in [-0.15, -0.1) is 0 Å². The number of carbonyl (C=O) groups excluding carboxylic acids is 4. The van der Waals surface area contributed by atoms with Gasteiger partial charge >= 0.3 is 0 Å². The van der Waals surface area contributed by atoms with Crippen molar-refractivity contribution in [3.8, 4) is 17.2 Å². The van der Waals surface area contributed by atoms with Crippen LogP contribution in [0.15, 0.2) is 98.1 Å². The summed E-state index contributed by atoms with van der Waals surface area (Å²) in [5, 5.41) is 58.8. The van der Waals surface area contributed by atoms with Gasteiger partial charge in [0.1, 0.15) is 55.0 Å². The molecule has 23 nitrogen and oxygen atoms in total. The number of hydrogen-bond donors (Lipinski definition) is 7. The van der Waals surface area contributed by atoms with Crippen molar-refractivity contribution in [1.29, 1.82) is 0 Å². The van der Waals surface area contributed by atoms with Gasteiger partial charge in [0.2, 0.25) is 0 Å². The molecule has 8 atom stereocenters. The molecule has 23 heteroatoms. The highest BCUT2D eigenvalue weighted by Gasteiger charge is 2.48. The Morgan fingerprint density at radius 2 is 1.11 bits per heavy atom. The largest absolute Gasteiger partial charge is 0.507 e. The predicted molar refractivity (Wildman–Crippen MR) is 322 cm³/mol. The second-order valence-electron chi connectivity index (χ2n) is 22.7. The number of phenolic OH excluding ortho intramolecular Hbond substituents is 1. The number of ketones is 4. The number of aliphatic hydroxyl groups is 4. The van der Waals surface area contributed by atoms with Crippen LogP contribution in [-0.4, -0.2) is 139 Å². The zero-order chi connectivity index (χ0) is 62.4. The van der Waals surface area contributed by atoms with Gasteiger partial charge in [0.25, 0.3) is 0 Å². The van der Waals surface area contributed by atoms with Crippen LogP contribution < -0.4 is 20.1 Å². The summed E-state index contributed by atoms with van der Waals surface area (Å²) in [6.07, 6.45) is -0.846. The highest BCUT2D eigenvalue weighted by Crippen LogP contribution is 2.38. The van der Waals surface area contributed by atoms with Gasteiger partial charge in [0.05, 0.1) is 26.9 Å². The number of phenols is 1. The van der Waals surface area contributed by atoms with Gasteiger partial charge in [-0.25, -0.2) is 29.9 Å². The van der Waals surface area contributed by atoms with Crippen molar-refractivity contribution in [3.05, 3.63) is 143 Å². The normalized spacial score (nSPS) is 20.1. The number of rotatable bonds is 22. The fraction of sp³-hybridized carbons (Fsp3) is 0.406. The topological polar surface area (TPSA) is 318 Å². The highest BCUT2D eigenvalue weighted by molar-refractivity contribution is 5.98. The summed E-state index contributed by atoms with van der Waals surface area (Å²) in [6, 6.07) is 22.9. The fourth-order valence-electron chi connectivity index (χ4n) is 10.7. The van der Waals surface area contributed by atoms with E-state index in [0.29, 0.717) is 94.4 Å². The van der Waals surface area contributed by atoms with E-state index in [1.165, 1.54) is 34.4 Å². The summed E-state index contributed by atoms with van der Waals surface area (Å²) in [4.78, 5) is 76.2. The first-order valence-electron chi connectivity index (χ1n) is 28.9. The number of methoxy groups -OCH3 is 2. The Bertz CT molecular complexity index is 3790. The first-order valence-corrected chi connectivity index (χ1v) is 28.9. The van der Waals surface area contributed by atoms with E-state index in [2.05, 4.69) is 40.5 Å². The van der Waals surface area contributed by atoms with E-state index < -0.39 is 49.1 Å². The van der Waals surface area contributed by atoms with Crippen molar-refractivity contribution in [2.24, 2.45) is 0 Å². The van der Waals surface area contributed by atoms with Crippen LogP contribution in [0.4, 0.5) is 17.3 Å². The molecule has 0 spiro atoms. The van der Waals surface area contributed by atoms with Gasteiger partial charge < -0.3 is 55.1 Å². The van der Waals surface area contributed by atoms with E-state index in [1.54, 1.807) is 40.2 Å². The molecule has 0 saturated carbocycles. The number of anilines is 3. The SMILES string of the molecule is CCC(=O)[C@H]1O[C@@H](n2cnc3c(NCc4ccc(CCC(=O)c5cc(C)c(O)c(C(C)(C)C)c5)cc4)ncnc32)[C@@H](O)C1O.CCC(=O)[C@H]1O[C@@H](n2cnc3c(Nc4ccc(CCCC(=O)c5cc(C)c(OC)c(OC)c5)cc4)ncnc32)[C@@H](O)C1O. The van der Waals surface area contributed by atoms with E-state index in [4.69, 9.17) is 18.9 Å². The standard InChI is InChI=1S/C33H39N5O6.C31H35N5O7/c1-6-23(39)29-27(42)28(43)32(44-29)38-17-37-25-30(35-16-36-31(25)38)34-15-20-9-7-19(8-10-20)11-12-24(40)21-13-18(2)26(41)22(14-21)33(3,4)5;1-5-21(37)28-25(39)26(40)31(43-28)36-16-34-24-29(32-15-33-30(24)36)35-20-11-9-18(10-12-20)7-6-8-22(38)19-13-17(2)27(42-4)23(14-19)41-3/h7-10,13-14,16-17,27-29,32,41-43H,6,11-12,15H2,1-5H3,(H,34,35,36);9-16,25-26,28,31,39-40H,5-8H2,1-4H3,(H,32,33,35)/t27?,28-,29+,32+;25?,26-,28+,31+/m00/s1. The van der Waals surface area contributed by atoms with Crippen molar-refractivity contribution in [1.82, 2.24) is 39.0 Å². The molecule has 2 fully saturated rings. The van der Waals surface area contributed by atoms with E-state index >= 15 is 0 Å². The second kappa shape index (κ2) is 27.0. The number of aromatic hydroxyl groups is 1. The molecule has 0 bridgehead atoms. The summed E-state index contributed by atoms with van der Waals surface area (Å²) in [5.74, 6) is 1.84. The molecular weight excluding hydrogens is 1120 g/mol. The number of Topliss-reactive ketones (excluding diaryl/α,β-unsaturated/α-hetero) is 4. The Morgan fingerprint density at radius 3 is 1.67 bits per heavy atom. The van der Waals surface area contributed by atoms with Gasteiger partial charge in [-0.3, -0.25) is 28.3 Å². The molecule has 458 valence electrons. The van der Waals surface area contributed by atoms with E-state index in [-0.39, 0.29) is 47.1 Å². The quantitative estimate of drug-likeness (QED) is 0.0317. The van der Waals surface area contributed by atoms with Crippen molar-refractivity contribution >= 4 is 62.8 Å². The maximum absolute atomic E-state index is 13.0. The lowest BCUT2D eigenvalue weighted by atomic mass is 9.83. The maximum atomic E-state index is 13.0. The van der Waals surface area contributed by atoms with Crippen molar-refractivity contribution in [2.45, 2.75) is 154 Å². The molecular formula is C64H74N10O13. The van der Waals surface area contributed by atoms with Crippen LogP contribution in [0.3, 0.4) is 0 Å². The van der Waals surface area contributed by atoms with Crippen LogP contribution in [-0.2, 0) is 43.9 Å². The first kappa shape index (κ1) is 62.9. The Hall–Kier alpha value is -8.58. The lowest BCUT2D eigenvalue weighted by Gasteiger charge is -2.22. The lowest BCUT2D eigenvalue weighted by Crippen LogP contribution is -2.35.